The molecular weight excluding hydrogens is 321 g/mol. The van der Waals surface area contributed by atoms with E-state index in [1.807, 2.05) is 39.8 Å². The number of ether oxygens (including phenoxy) is 1. The maximum Gasteiger partial charge on any atom is 0.310 e. The SMILES string of the molecule is Cc1ccc(N)c(C)c1COC(=O)[C@@H]1[C@H](C=C(Cl)Cl)C1(C)C. The van der Waals surface area contributed by atoms with Gasteiger partial charge < -0.3 is 10.5 Å². The fourth-order valence-corrected chi connectivity index (χ4v) is 3.21. The number of hydrogen-bond donors (Lipinski definition) is 1. The molecule has 2 rings (SSSR count). The fourth-order valence-electron chi connectivity index (χ4n) is 2.94. The Morgan fingerprint density at radius 2 is 2.00 bits per heavy atom. The third-order valence-electron chi connectivity index (χ3n) is 4.70. The molecule has 1 saturated carbocycles. The number of carbonyl (C=O) groups excluding carboxylic acids is 1. The molecule has 22 heavy (non-hydrogen) atoms. The highest BCUT2D eigenvalue weighted by Gasteiger charge is 2.61. The molecule has 1 aliphatic rings. The number of halogens is 2. The van der Waals surface area contributed by atoms with Crippen molar-refractivity contribution in [1.29, 1.82) is 0 Å². The molecule has 0 spiro atoms. The van der Waals surface area contributed by atoms with Crippen molar-refractivity contribution < 1.29 is 9.53 Å². The first-order valence-electron chi connectivity index (χ1n) is 7.20. The van der Waals surface area contributed by atoms with Crippen LogP contribution in [0.15, 0.2) is 22.7 Å². The highest BCUT2D eigenvalue weighted by molar-refractivity contribution is 6.55. The van der Waals surface area contributed by atoms with Crippen LogP contribution >= 0.6 is 23.2 Å². The smallest absolute Gasteiger partial charge is 0.310 e. The third-order valence-corrected chi connectivity index (χ3v) is 4.96. The van der Waals surface area contributed by atoms with Crippen LogP contribution in [-0.2, 0) is 16.1 Å². The Labute approximate surface area is 141 Å². The maximum absolute atomic E-state index is 12.3. The number of nitrogen functional groups attached to an aromatic ring is 1. The van der Waals surface area contributed by atoms with Crippen molar-refractivity contribution in [3.8, 4) is 0 Å². The van der Waals surface area contributed by atoms with Crippen molar-refractivity contribution in [2.75, 3.05) is 5.73 Å². The number of aryl methyl sites for hydroxylation is 1. The van der Waals surface area contributed by atoms with Crippen molar-refractivity contribution in [1.82, 2.24) is 0 Å². The summed E-state index contributed by atoms with van der Waals surface area (Å²) < 4.78 is 5.70. The van der Waals surface area contributed by atoms with E-state index in [2.05, 4.69) is 0 Å². The van der Waals surface area contributed by atoms with Gasteiger partial charge in [-0.05, 0) is 54.0 Å². The molecular formula is C17H21Cl2NO2. The van der Waals surface area contributed by atoms with E-state index in [9.17, 15) is 4.79 Å². The van der Waals surface area contributed by atoms with Gasteiger partial charge in [-0.15, -0.1) is 0 Å². The molecule has 0 aliphatic heterocycles. The zero-order valence-electron chi connectivity index (χ0n) is 13.2. The predicted octanol–water partition coefficient (Wildman–Crippen LogP) is 4.52. The molecule has 5 heteroatoms. The molecule has 1 aromatic rings. The first-order valence-corrected chi connectivity index (χ1v) is 7.96. The number of hydrogen-bond acceptors (Lipinski definition) is 3. The van der Waals surface area contributed by atoms with Crippen LogP contribution in [-0.4, -0.2) is 5.97 Å². The largest absolute Gasteiger partial charge is 0.461 e. The molecule has 0 unspecified atom stereocenters. The highest BCUT2D eigenvalue weighted by atomic mass is 35.5. The van der Waals surface area contributed by atoms with Crippen molar-refractivity contribution in [2.24, 2.45) is 17.3 Å². The summed E-state index contributed by atoms with van der Waals surface area (Å²) in [4.78, 5) is 12.3. The van der Waals surface area contributed by atoms with Crippen molar-refractivity contribution >= 4 is 34.9 Å². The Hall–Kier alpha value is -1.19. The van der Waals surface area contributed by atoms with Crippen molar-refractivity contribution in [2.45, 2.75) is 34.3 Å². The fraction of sp³-hybridized carbons (Fsp3) is 0.471. The first-order chi connectivity index (χ1) is 10.2. The summed E-state index contributed by atoms with van der Waals surface area (Å²) in [6.07, 6.45) is 1.71. The highest BCUT2D eigenvalue weighted by Crippen LogP contribution is 2.60. The van der Waals surface area contributed by atoms with Crippen LogP contribution in [0.4, 0.5) is 5.69 Å². The van der Waals surface area contributed by atoms with E-state index in [0.717, 1.165) is 16.7 Å². The molecule has 0 bridgehead atoms. The summed E-state index contributed by atoms with van der Waals surface area (Å²) in [5.41, 5.74) is 9.44. The van der Waals surface area contributed by atoms with Crippen molar-refractivity contribution in [3.63, 3.8) is 0 Å². The van der Waals surface area contributed by atoms with Gasteiger partial charge in [-0.25, -0.2) is 0 Å². The molecule has 0 aromatic heterocycles. The van der Waals surface area contributed by atoms with Gasteiger partial charge in [-0.1, -0.05) is 43.1 Å². The zero-order chi connectivity index (χ0) is 16.7. The lowest BCUT2D eigenvalue weighted by Crippen LogP contribution is -2.12. The van der Waals surface area contributed by atoms with Gasteiger partial charge in [0, 0.05) is 5.69 Å². The molecule has 3 nitrogen and oxygen atoms in total. The van der Waals surface area contributed by atoms with Crippen molar-refractivity contribution in [3.05, 3.63) is 39.4 Å². The van der Waals surface area contributed by atoms with Gasteiger partial charge >= 0.3 is 5.97 Å². The van der Waals surface area contributed by atoms with Gasteiger partial charge in [0.25, 0.3) is 0 Å². The van der Waals surface area contributed by atoms with E-state index in [0.29, 0.717) is 5.69 Å². The molecule has 2 atom stereocenters. The Bertz CT molecular complexity index is 634. The van der Waals surface area contributed by atoms with E-state index < -0.39 is 0 Å². The lowest BCUT2D eigenvalue weighted by Gasteiger charge is -2.13. The quantitative estimate of drug-likeness (QED) is 0.646. The molecule has 0 saturated heterocycles. The van der Waals surface area contributed by atoms with Gasteiger partial charge in [-0.3, -0.25) is 4.79 Å². The standard InChI is InChI=1S/C17H21Cl2NO2/c1-9-5-6-13(20)10(2)11(9)8-22-16(21)15-12(7-14(18)19)17(15,3)4/h5-7,12,15H,8,20H2,1-4H3/t12-,15-/m0/s1. The average molecular weight is 342 g/mol. The molecule has 0 radical (unpaired) electrons. The van der Waals surface area contributed by atoms with Gasteiger partial charge in [0.15, 0.2) is 0 Å². The zero-order valence-corrected chi connectivity index (χ0v) is 14.8. The molecule has 0 heterocycles. The van der Waals surface area contributed by atoms with Crippen LogP contribution in [0.3, 0.4) is 0 Å². The predicted molar refractivity (Wildman–Crippen MR) is 90.7 cm³/mol. The Kier molecular flexibility index (Phi) is 4.78. The van der Waals surface area contributed by atoms with E-state index in [1.54, 1.807) is 6.08 Å². The third kappa shape index (κ3) is 3.26. The Balaban J connectivity index is 2.06. The van der Waals surface area contributed by atoms with Crippen LogP contribution in [0.2, 0.25) is 0 Å². The van der Waals surface area contributed by atoms with Crippen LogP contribution in [0.25, 0.3) is 0 Å². The second kappa shape index (κ2) is 6.13. The lowest BCUT2D eigenvalue weighted by atomic mass is 10.0. The topological polar surface area (TPSA) is 52.3 Å². The molecule has 1 fully saturated rings. The number of rotatable bonds is 4. The van der Waals surface area contributed by atoms with E-state index in [1.165, 1.54) is 0 Å². The van der Waals surface area contributed by atoms with Crippen LogP contribution in [0.5, 0.6) is 0 Å². The Morgan fingerprint density at radius 3 is 2.59 bits per heavy atom. The van der Waals surface area contributed by atoms with Crippen LogP contribution in [0, 0.1) is 31.1 Å². The second-order valence-electron chi connectivity index (χ2n) is 6.46. The second-order valence-corrected chi connectivity index (χ2v) is 7.47. The summed E-state index contributed by atoms with van der Waals surface area (Å²) in [6.45, 7) is 8.17. The number of anilines is 1. The molecule has 2 N–H and O–H groups in total. The van der Waals surface area contributed by atoms with E-state index >= 15 is 0 Å². The van der Waals surface area contributed by atoms with Crippen LogP contribution in [0.1, 0.15) is 30.5 Å². The van der Waals surface area contributed by atoms with Crippen LogP contribution < -0.4 is 5.73 Å². The maximum atomic E-state index is 12.3. The Morgan fingerprint density at radius 1 is 1.36 bits per heavy atom. The molecule has 0 amide bonds. The number of nitrogens with two attached hydrogens (primary N) is 1. The normalized spacial score (nSPS) is 22.1. The number of benzene rings is 1. The summed E-state index contributed by atoms with van der Waals surface area (Å²) in [5, 5.41) is 0. The lowest BCUT2D eigenvalue weighted by molar-refractivity contribution is -0.147. The minimum Gasteiger partial charge on any atom is -0.461 e. The average Bonchev–Trinajstić information content (AvgIpc) is 2.94. The van der Waals surface area contributed by atoms with E-state index in [-0.39, 0.29) is 34.3 Å². The minimum absolute atomic E-state index is 0.0213. The molecule has 1 aliphatic carbocycles. The summed E-state index contributed by atoms with van der Waals surface area (Å²) in [7, 11) is 0. The first kappa shape index (κ1) is 17.2. The summed E-state index contributed by atoms with van der Waals surface area (Å²) >= 11 is 11.4. The molecule has 120 valence electrons. The monoisotopic (exact) mass is 341 g/mol. The van der Waals surface area contributed by atoms with E-state index in [4.69, 9.17) is 33.7 Å². The number of esters is 1. The van der Waals surface area contributed by atoms with Gasteiger partial charge in [0.1, 0.15) is 11.1 Å². The van der Waals surface area contributed by atoms with Gasteiger partial charge in [0.2, 0.25) is 0 Å². The number of carbonyl (C=O) groups is 1. The van der Waals surface area contributed by atoms with Gasteiger partial charge in [-0.2, -0.15) is 0 Å². The molecule has 1 aromatic carbocycles. The summed E-state index contributed by atoms with van der Waals surface area (Å²) in [5.74, 6) is -0.406. The minimum atomic E-state index is -0.220. The number of allylic oxidation sites excluding steroid dienone is 1. The van der Waals surface area contributed by atoms with Gasteiger partial charge in [0.05, 0.1) is 5.92 Å². The summed E-state index contributed by atoms with van der Waals surface area (Å²) in [6, 6.07) is 3.80.